The van der Waals surface area contributed by atoms with Gasteiger partial charge in [0.15, 0.2) is 5.82 Å². The number of aliphatic hydroxyl groups excluding tert-OH is 1. The Labute approximate surface area is 200 Å². The van der Waals surface area contributed by atoms with E-state index in [0.717, 1.165) is 5.56 Å². The van der Waals surface area contributed by atoms with Crippen LogP contribution < -0.4 is 9.64 Å². The van der Waals surface area contributed by atoms with Gasteiger partial charge >= 0.3 is 0 Å². The molecule has 178 valence electrons. The number of ether oxygens (including phenoxy) is 1. The largest absolute Gasteiger partial charge is 0.487 e. The second-order valence-corrected chi connectivity index (χ2v) is 8.95. The zero-order chi connectivity index (χ0) is 23.8. The highest BCUT2D eigenvalue weighted by Crippen LogP contribution is 2.42. The quantitative estimate of drug-likeness (QED) is 0.476. The van der Waals surface area contributed by atoms with Crippen LogP contribution in [0.1, 0.15) is 36.3 Å². The lowest BCUT2D eigenvalue weighted by Gasteiger charge is -2.47. The number of hydrogen-bond donors (Lipinski definition) is 1. The molecule has 1 fully saturated rings. The van der Waals surface area contributed by atoms with E-state index in [4.69, 9.17) is 9.15 Å². The van der Waals surface area contributed by atoms with Crippen molar-refractivity contribution in [3.05, 3.63) is 77.7 Å². The molecule has 4 aromatic rings. The molecule has 1 N–H and O–H groups in total. The van der Waals surface area contributed by atoms with Crippen molar-refractivity contribution in [2.24, 2.45) is 0 Å². The molecule has 0 radical (unpaired) electrons. The number of hydrogen-bond acceptors (Lipinski definition) is 9. The summed E-state index contributed by atoms with van der Waals surface area (Å²) in [5, 5.41) is 27.6. The second kappa shape index (κ2) is 8.70. The fourth-order valence-electron chi connectivity index (χ4n) is 4.82. The third kappa shape index (κ3) is 4.21. The Hall–Kier alpha value is -3.92. The fourth-order valence-corrected chi connectivity index (χ4v) is 4.82. The molecule has 2 aliphatic rings. The van der Waals surface area contributed by atoms with E-state index in [0.29, 0.717) is 67.4 Å². The van der Waals surface area contributed by atoms with Crippen LogP contribution >= 0.6 is 0 Å². The molecule has 0 bridgehead atoms. The Bertz CT molecular complexity index is 1330. The van der Waals surface area contributed by atoms with Crippen LogP contribution in [0.15, 0.2) is 59.3 Å². The molecule has 0 aliphatic carbocycles. The summed E-state index contributed by atoms with van der Waals surface area (Å²) in [5.74, 6) is 1.63. The summed E-state index contributed by atoms with van der Waals surface area (Å²) >= 11 is 0. The molecular formula is C25H23FN6O3. The maximum Gasteiger partial charge on any atom is 0.268 e. The summed E-state index contributed by atoms with van der Waals surface area (Å²) < 4.78 is 26.0. The number of rotatable bonds is 4. The highest BCUT2D eigenvalue weighted by molar-refractivity contribution is 5.50. The first-order valence-corrected chi connectivity index (χ1v) is 11.6. The van der Waals surface area contributed by atoms with Crippen LogP contribution in [0, 0.1) is 5.82 Å². The van der Waals surface area contributed by atoms with Crippen molar-refractivity contribution in [2.45, 2.75) is 43.9 Å². The molecular weight excluding hydrogens is 451 g/mol. The van der Waals surface area contributed by atoms with E-state index < -0.39 is 11.8 Å². The van der Waals surface area contributed by atoms with Gasteiger partial charge in [-0.1, -0.05) is 12.1 Å². The number of anilines is 1. The molecule has 1 saturated heterocycles. The van der Waals surface area contributed by atoms with Gasteiger partial charge in [0, 0.05) is 37.3 Å². The maximum atomic E-state index is 14.1. The monoisotopic (exact) mass is 474 g/mol. The molecule has 6 rings (SSSR count). The lowest BCUT2D eigenvalue weighted by molar-refractivity contribution is -0.0317. The van der Waals surface area contributed by atoms with E-state index in [1.54, 1.807) is 41.6 Å². The molecule has 5 heterocycles. The molecule has 3 aromatic heterocycles. The average Bonchev–Trinajstić information content (AvgIpc) is 3.33. The number of aliphatic hydroxyl groups is 1. The number of fused-ring (bicyclic) bond motifs is 1. The first kappa shape index (κ1) is 21.6. The average molecular weight is 474 g/mol. The molecule has 2 unspecified atom stereocenters. The second-order valence-electron chi connectivity index (χ2n) is 8.95. The van der Waals surface area contributed by atoms with Gasteiger partial charge in [-0.05, 0) is 48.7 Å². The van der Waals surface area contributed by atoms with Gasteiger partial charge < -0.3 is 19.2 Å². The number of nitrogens with zero attached hydrogens (tertiary/aromatic N) is 6. The minimum absolute atomic E-state index is 0.240. The number of pyridine rings is 1. The Morgan fingerprint density at radius 3 is 2.80 bits per heavy atom. The van der Waals surface area contributed by atoms with Crippen LogP contribution in [0.3, 0.4) is 0 Å². The van der Waals surface area contributed by atoms with Crippen molar-refractivity contribution in [3.8, 4) is 17.3 Å². The topological polar surface area (TPSA) is 110 Å². The summed E-state index contributed by atoms with van der Waals surface area (Å²) in [7, 11) is 0. The number of piperidine rings is 1. The third-order valence-electron chi connectivity index (χ3n) is 6.66. The molecule has 1 spiro atoms. The van der Waals surface area contributed by atoms with Crippen molar-refractivity contribution >= 4 is 5.82 Å². The smallest absolute Gasteiger partial charge is 0.268 e. The minimum Gasteiger partial charge on any atom is -0.487 e. The van der Waals surface area contributed by atoms with Gasteiger partial charge in [-0.25, -0.2) is 4.39 Å². The van der Waals surface area contributed by atoms with Crippen molar-refractivity contribution in [1.29, 1.82) is 0 Å². The Morgan fingerprint density at radius 1 is 1.06 bits per heavy atom. The van der Waals surface area contributed by atoms with Crippen LogP contribution in [0.5, 0.6) is 5.75 Å². The third-order valence-corrected chi connectivity index (χ3v) is 6.66. The van der Waals surface area contributed by atoms with E-state index in [2.05, 4.69) is 25.4 Å². The molecule has 0 amide bonds. The van der Waals surface area contributed by atoms with Crippen LogP contribution in [0.25, 0.3) is 11.6 Å². The SMILES string of the molecule is OC1CC2(CCc3c(F)cccc3O2)CCN1c1ccc(-c2nnc(Cc3cccnc3)o2)nn1. The van der Waals surface area contributed by atoms with E-state index in [1.807, 2.05) is 12.1 Å². The minimum atomic E-state index is -0.798. The highest BCUT2D eigenvalue weighted by Gasteiger charge is 2.44. The van der Waals surface area contributed by atoms with Crippen LogP contribution in [-0.4, -0.2) is 48.9 Å². The molecule has 1 aromatic carbocycles. The van der Waals surface area contributed by atoms with Crippen molar-refractivity contribution < 1.29 is 18.7 Å². The normalized spacial score (nSPS) is 21.5. The summed E-state index contributed by atoms with van der Waals surface area (Å²) in [6.07, 6.45) is 5.48. The number of benzene rings is 1. The van der Waals surface area contributed by atoms with E-state index in [-0.39, 0.29) is 11.7 Å². The predicted octanol–water partition coefficient (Wildman–Crippen LogP) is 3.33. The summed E-state index contributed by atoms with van der Waals surface area (Å²) in [4.78, 5) is 5.89. The first-order valence-electron chi connectivity index (χ1n) is 11.6. The summed E-state index contributed by atoms with van der Waals surface area (Å²) in [5.41, 5.74) is 1.52. The molecule has 10 heteroatoms. The van der Waals surface area contributed by atoms with Crippen LogP contribution in [0.4, 0.5) is 10.2 Å². The predicted molar refractivity (Wildman–Crippen MR) is 123 cm³/mol. The Morgan fingerprint density at radius 2 is 2.00 bits per heavy atom. The van der Waals surface area contributed by atoms with Crippen molar-refractivity contribution in [2.75, 3.05) is 11.4 Å². The number of aromatic nitrogens is 5. The number of halogens is 1. The van der Waals surface area contributed by atoms with Crippen LogP contribution in [-0.2, 0) is 12.8 Å². The van der Waals surface area contributed by atoms with Gasteiger partial charge in [0.2, 0.25) is 5.89 Å². The molecule has 2 aliphatic heterocycles. The standard InChI is InChI=1S/C25H23FN6O3/c26-18-4-1-5-20-17(18)8-9-25(35-20)10-12-32(23(33)14-25)21-7-6-19(28-29-21)24-31-30-22(34-24)13-16-3-2-11-27-15-16/h1-7,11,15,23,33H,8-10,12-14H2. The molecule has 9 nitrogen and oxygen atoms in total. The molecule has 35 heavy (non-hydrogen) atoms. The highest BCUT2D eigenvalue weighted by atomic mass is 19.1. The van der Waals surface area contributed by atoms with Crippen molar-refractivity contribution in [1.82, 2.24) is 25.4 Å². The van der Waals surface area contributed by atoms with Gasteiger partial charge in [0.1, 0.15) is 29.1 Å². The Kier molecular flexibility index (Phi) is 5.37. The zero-order valence-corrected chi connectivity index (χ0v) is 18.8. The Balaban J connectivity index is 1.13. The first-order chi connectivity index (χ1) is 17.1. The molecule has 2 atom stereocenters. The zero-order valence-electron chi connectivity index (χ0n) is 18.8. The summed E-state index contributed by atoms with van der Waals surface area (Å²) in [6, 6.07) is 12.2. The van der Waals surface area contributed by atoms with Crippen molar-refractivity contribution in [3.63, 3.8) is 0 Å². The lowest BCUT2D eigenvalue weighted by atomic mass is 9.82. The van der Waals surface area contributed by atoms with Gasteiger partial charge in [0.25, 0.3) is 5.89 Å². The molecule has 0 saturated carbocycles. The van der Waals surface area contributed by atoms with E-state index in [9.17, 15) is 9.50 Å². The van der Waals surface area contributed by atoms with Gasteiger partial charge in [-0.3, -0.25) is 4.98 Å². The van der Waals surface area contributed by atoms with Gasteiger partial charge in [-0.2, -0.15) is 0 Å². The fraction of sp³-hybridized carbons (Fsp3) is 0.320. The van der Waals surface area contributed by atoms with Gasteiger partial charge in [0.05, 0.1) is 6.42 Å². The van der Waals surface area contributed by atoms with Gasteiger partial charge in [-0.15, -0.1) is 20.4 Å². The summed E-state index contributed by atoms with van der Waals surface area (Å²) in [6.45, 7) is 0.537. The van der Waals surface area contributed by atoms with Crippen LogP contribution in [0.2, 0.25) is 0 Å². The lowest BCUT2D eigenvalue weighted by Crippen LogP contribution is -2.54. The van der Waals surface area contributed by atoms with E-state index >= 15 is 0 Å². The van der Waals surface area contributed by atoms with E-state index in [1.165, 1.54) is 6.07 Å². The maximum absolute atomic E-state index is 14.1.